The van der Waals surface area contributed by atoms with E-state index in [9.17, 15) is 4.79 Å². The maximum absolute atomic E-state index is 13.7. The molecular formula is C26H21BrN4O. The predicted octanol–water partition coefficient (Wildman–Crippen LogP) is 6.12. The molecule has 32 heavy (non-hydrogen) atoms. The summed E-state index contributed by atoms with van der Waals surface area (Å²) in [5.74, 6) is 1.000. The van der Waals surface area contributed by atoms with Crippen molar-refractivity contribution in [2.24, 2.45) is 0 Å². The normalized spacial score (nSPS) is 11.4. The fraction of sp³-hybridized carbons (Fsp3) is 0.115. The lowest BCUT2D eigenvalue weighted by Crippen LogP contribution is -2.22. The molecular weight excluding hydrogens is 464 g/mol. The molecule has 0 spiro atoms. The van der Waals surface area contributed by atoms with Gasteiger partial charge in [0.2, 0.25) is 0 Å². The van der Waals surface area contributed by atoms with Crippen molar-refractivity contribution in [3.05, 3.63) is 105 Å². The molecule has 5 rings (SSSR count). The van der Waals surface area contributed by atoms with E-state index in [1.54, 1.807) is 15.4 Å². The minimum absolute atomic E-state index is 0.154. The van der Waals surface area contributed by atoms with Crippen molar-refractivity contribution in [1.29, 1.82) is 0 Å². The van der Waals surface area contributed by atoms with Gasteiger partial charge in [-0.2, -0.15) is 5.10 Å². The number of aromatic nitrogens is 4. The second-order valence-corrected chi connectivity index (χ2v) is 8.88. The number of benzene rings is 3. The van der Waals surface area contributed by atoms with Crippen LogP contribution in [0.25, 0.3) is 33.8 Å². The minimum atomic E-state index is -0.154. The van der Waals surface area contributed by atoms with Crippen molar-refractivity contribution in [1.82, 2.24) is 19.3 Å². The third-order valence-corrected chi connectivity index (χ3v) is 6.00. The Labute approximate surface area is 194 Å². The average molecular weight is 485 g/mol. The first kappa shape index (κ1) is 20.4. The molecule has 0 atom stereocenters. The molecule has 2 heterocycles. The van der Waals surface area contributed by atoms with Crippen molar-refractivity contribution < 1.29 is 0 Å². The maximum Gasteiger partial charge on any atom is 0.269 e. The Morgan fingerprint density at radius 2 is 1.59 bits per heavy atom. The molecule has 3 aromatic carbocycles. The second kappa shape index (κ2) is 8.20. The largest absolute Gasteiger partial charge is 0.269 e. The van der Waals surface area contributed by atoms with E-state index in [0.717, 1.165) is 21.4 Å². The number of halogens is 1. The molecule has 0 saturated heterocycles. The molecule has 0 fully saturated rings. The van der Waals surface area contributed by atoms with E-state index in [-0.39, 0.29) is 5.56 Å². The molecule has 0 aliphatic carbocycles. The van der Waals surface area contributed by atoms with Crippen LogP contribution < -0.4 is 5.56 Å². The van der Waals surface area contributed by atoms with Crippen LogP contribution in [0.15, 0.2) is 94.3 Å². The zero-order chi connectivity index (χ0) is 22.2. The van der Waals surface area contributed by atoms with Gasteiger partial charge in [0.1, 0.15) is 11.2 Å². The topological polar surface area (TPSA) is 52.7 Å². The monoisotopic (exact) mass is 484 g/mol. The smallest absolute Gasteiger partial charge is 0.268 e. The summed E-state index contributed by atoms with van der Waals surface area (Å²) in [5.41, 5.74) is 4.09. The van der Waals surface area contributed by atoms with Crippen LogP contribution in [-0.2, 0) is 0 Å². The first-order chi connectivity index (χ1) is 15.5. The van der Waals surface area contributed by atoms with Gasteiger partial charge in [-0.05, 0) is 41.8 Å². The van der Waals surface area contributed by atoms with Crippen LogP contribution in [0.4, 0.5) is 0 Å². The lowest BCUT2D eigenvalue weighted by atomic mass is 10.0. The summed E-state index contributed by atoms with van der Waals surface area (Å²) in [7, 11) is 0. The van der Waals surface area contributed by atoms with Crippen LogP contribution in [0.1, 0.15) is 25.3 Å². The number of hydrogen-bond donors (Lipinski definition) is 0. The van der Waals surface area contributed by atoms with Crippen LogP contribution in [0.5, 0.6) is 0 Å². The first-order valence-corrected chi connectivity index (χ1v) is 11.2. The highest BCUT2D eigenvalue weighted by atomic mass is 79.9. The van der Waals surface area contributed by atoms with E-state index in [2.05, 4.69) is 47.0 Å². The van der Waals surface area contributed by atoms with E-state index in [0.29, 0.717) is 22.8 Å². The summed E-state index contributed by atoms with van der Waals surface area (Å²) in [6, 6.07) is 25.7. The second-order valence-electron chi connectivity index (χ2n) is 7.96. The van der Waals surface area contributed by atoms with Gasteiger partial charge in [0.05, 0.1) is 17.6 Å². The first-order valence-electron chi connectivity index (χ1n) is 10.5. The lowest BCUT2D eigenvalue weighted by molar-refractivity contribution is 0.866. The highest BCUT2D eigenvalue weighted by Gasteiger charge is 2.19. The van der Waals surface area contributed by atoms with Gasteiger partial charge in [-0.25, -0.2) is 9.67 Å². The van der Waals surface area contributed by atoms with Crippen molar-refractivity contribution in [2.45, 2.75) is 19.8 Å². The number of nitrogens with zero attached hydrogens (tertiary/aromatic N) is 4. The quantitative estimate of drug-likeness (QED) is 0.308. The van der Waals surface area contributed by atoms with Crippen molar-refractivity contribution in [2.75, 3.05) is 0 Å². The van der Waals surface area contributed by atoms with Crippen LogP contribution in [0, 0.1) is 0 Å². The van der Waals surface area contributed by atoms with Crippen molar-refractivity contribution in [3.8, 4) is 22.8 Å². The zero-order valence-corrected chi connectivity index (χ0v) is 19.3. The molecule has 5 aromatic rings. The van der Waals surface area contributed by atoms with Gasteiger partial charge >= 0.3 is 0 Å². The summed E-state index contributed by atoms with van der Waals surface area (Å²) >= 11 is 3.52. The fourth-order valence-electron chi connectivity index (χ4n) is 3.79. The summed E-state index contributed by atoms with van der Waals surface area (Å²) in [5, 5.41) is 4.95. The molecule has 5 nitrogen and oxygen atoms in total. The number of hydrogen-bond acceptors (Lipinski definition) is 3. The van der Waals surface area contributed by atoms with Gasteiger partial charge in [-0.1, -0.05) is 78.3 Å². The minimum Gasteiger partial charge on any atom is -0.268 e. The van der Waals surface area contributed by atoms with Crippen LogP contribution in [0.2, 0.25) is 0 Å². The summed E-state index contributed by atoms with van der Waals surface area (Å²) in [6.07, 6.45) is 1.60. The molecule has 0 saturated carbocycles. The van der Waals surface area contributed by atoms with Gasteiger partial charge in [0, 0.05) is 10.0 Å². The molecule has 158 valence electrons. The Morgan fingerprint density at radius 1 is 0.875 bits per heavy atom. The molecule has 0 radical (unpaired) electrons. The highest BCUT2D eigenvalue weighted by molar-refractivity contribution is 9.10. The van der Waals surface area contributed by atoms with E-state index in [4.69, 9.17) is 4.98 Å². The zero-order valence-electron chi connectivity index (χ0n) is 17.7. The van der Waals surface area contributed by atoms with Gasteiger partial charge in [0.15, 0.2) is 5.65 Å². The molecule has 0 aliphatic rings. The summed E-state index contributed by atoms with van der Waals surface area (Å²) < 4.78 is 4.27. The fourth-order valence-corrected chi connectivity index (χ4v) is 4.18. The molecule has 0 bridgehead atoms. The number of para-hydroxylation sites is 1. The Bertz CT molecular complexity index is 1470. The molecule has 6 heteroatoms. The molecule has 2 aromatic heterocycles. The Hall–Kier alpha value is -3.51. The number of rotatable bonds is 4. The Morgan fingerprint density at radius 3 is 2.28 bits per heavy atom. The Kier molecular flexibility index (Phi) is 5.23. The van der Waals surface area contributed by atoms with E-state index in [1.165, 1.54) is 5.56 Å². The summed E-state index contributed by atoms with van der Waals surface area (Å²) in [4.78, 5) is 18.7. The van der Waals surface area contributed by atoms with Gasteiger partial charge in [0.25, 0.3) is 5.56 Å². The molecule has 0 amide bonds. The SMILES string of the molecule is CC(C)c1ccc(-c2nc3c(cnn3-c3ccccc3)c(=O)n2-c2cccc(Br)c2)cc1. The third kappa shape index (κ3) is 3.56. The Balaban J connectivity index is 1.82. The molecule has 0 N–H and O–H groups in total. The summed E-state index contributed by atoms with van der Waals surface area (Å²) in [6.45, 7) is 4.32. The van der Waals surface area contributed by atoms with Crippen molar-refractivity contribution >= 4 is 27.0 Å². The number of fused-ring (bicyclic) bond motifs is 1. The molecule has 0 aliphatic heterocycles. The van der Waals surface area contributed by atoms with Crippen LogP contribution in [-0.4, -0.2) is 19.3 Å². The maximum atomic E-state index is 13.7. The standard InChI is InChI=1S/C26H21BrN4O/c1-17(2)18-11-13-19(14-12-18)24-29-25-23(16-28-31(25)21-8-4-3-5-9-21)26(32)30(24)22-10-6-7-20(27)15-22/h3-17H,1-2H3. The predicted molar refractivity (Wildman–Crippen MR) is 132 cm³/mol. The molecule has 0 unspecified atom stereocenters. The van der Waals surface area contributed by atoms with Gasteiger partial charge in [-0.3, -0.25) is 9.36 Å². The third-order valence-electron chi connectivity index (χ3n) is 5.50. The van der Waals surface area contributed by atoms with E-state index >= 15 is 0 Å². The van der Waals surface area contributed by atoms with E-state index < -0.39 is 0 Å². The van der Waals surface area contributed by atoms with Crippen molar-refractivity contribution in [3.63, 3.8) is 0 Å². The highest BCUT2D eigenvalue weighted by Crippen LogP contribution is 2.26. The van der Waals surface area contributed by atoms with E-state index in [1.807, 2.05) is 66.7 Å². The average Bonchev–Trinajstić information content (AvgIpc) is 3.24. The lowest BCUT2D eigenvalue weighted by Gasteiger charge is -2.14. The van der Waals surface area contributed by atoms with Gasteiger partial charge < -0.3 is 0 Å². The van der Waals surface area contributed by atoms with Crippen LogP contribution in [0.3, 0.4) is 0 Å². The van der Waals surface area contributed by atoms with Crippen LogP contribution >= 0.6 is 15.9 Å². The van der Waals surface area contributed by atoms with Gasteiger partial charge in [-0.15, -0.1) is 0 Å².